The topological polar surface area (TPSA) is 91.1 Å². The molecule has 0 radical (unpaired) electrons. The van der Waals surface area contributed by atoms with Gasteiger partial charge >= 0.3 is 0 Å². The smallest absolute Gasteiger partial charge is 0.280 e. The highest BCUT2D eigenvalue weighted by molar-refractivity contribution is 5.94. The van der Waals surface area contributed by atoms with Crippen LogP contribution < -0.4 is 10.2 Å². The van der Waals surface area contributed by atoms with Gasteiger partial charge in [-0.1, -0.05) is 12.1 Å². The van der Waals surface area contributed by atoms with Crippen LogP contribution in [0.15, 0.2) is 54.7 Å². The molecule has 1 amide bonds. The minimum absolute atomic E-state index is 0.209. The third-order valence-corrected chi connectivity index (χ3v) is 7.10. The van der Waals surface area contributed by atoms with Gasteiger partial charge in [-0.15, -0.1) is 0 Å². The van der Waals surface area contributed by atoms with Crippen LogP contribution in [-0.2, 0) is 23.3 Å². The second-order valence-electron chi connectivity index (χ2n) is 9.72. The number of carbonyl (C=O) groups is 1. The lowest BCUT2D eigenvalue weighted by atomic mass is 9.79. The first-order chi connectivity index (χ1) is 17.9. The number of alkyl halides is 2. The zero-order valence-electron chi connectivity index (χ0n) is 20.5. The Kier molecular flexibility index (Phi) is 6.85. The van der Waals surface area contributed by atoms with Crippen molar-refractivity contribution in [3.63, 3.8) is 0 Å². The number of halogens is 2. The number of nitrogens with zero attached hydrogens (tertiary/aromatic N) is 4. The van der Waals surface area contributed by atoms with E-state index in [0.29, 0.717) is 31.1 Å². The summed E-state index contributed by atoms with van der Waals surface area (Å²) in [7, 11) is 0. The molecule has 37 heavy (non-hydrogen) atoms. The number of rotatable bonds is 6. The molecular formula is C28H27F2N5O2. The van der Waals surface area contributed by atoms with Crippen LogP contribution in [-0.4, -0.2) is 35.6 Å². The summed E-state index contributed by atoms with van der Waals surface area (Å²) in [4.78, 5) is 23.4. The molecule has 0 saturated carbocycles. The number of amides is 1. The summed E-state index contributed by atoms with van der Waals surface area (Å²) in [5.41, 5.74) is 3.05. The van der Waals surface area contributed by atoms with Gasteiger partial charge in [0, 0.05) is 30.8 Å². The highest BCUT2D eigenvalue weighted by Gasteiger charge is 2.33. The Morgan fingerprint density at radius 2 is 2.16 bits per heavy atom. The molecule has 0 spiro atoms. The van der Waals surface area contributed by atoms with Gasteiger partial charge in [0.15, 0.2) is 0 Å². The summed E-state index contributed by atoms with van der Waals surface area (Å²) in [6.45, 7) is 4.20. The van der Waals surface area contributed by atoms with Gasteiger partial charge in [0.2, 0.25) is 0 Å². The van der Waals surface area contributed by atoms with E-state index in [-0.39, 0.29) is 24.1 Å². The number of aromatic nitrogens is 2. The molecule has 1 saturated heterocycles. The van der Waals surface area contributed by atoms with Crippen molar-refractivity contribution in [2.24, 2.45) is 0 Å². The fourth-order valence-corrected chi connectivity index (χ4v) is 4.99. The van der Waals surface area contributed by atoms with E-state index in [0.717, 1.165) is 35.3 Å². The zero-order chi connectivity index (χ0) is 26.0. The molecule has 3 aromatic rings. The Morgan fingerprint density at radius 3 is 2.97 bits per heavy atom. The summed E-state index contributed by atoms with van der Waals surface area (Å²) in [5, 5.41) is 12.6. The number of carbonyl (C=O) groups excluding carboxylic acids is 1. The molecule has 1 aromatic carbocycles. The van der Waals surface area contributed by atoms with Gasteiger partial charge in [-0.05, 0) is 66.4 Å². The van der Waals surface area contributed by atoms with Crippen LogP contribution in [0.2, 0.25) is 0 Å². The molecule has 9 heteroatoms. The molecule has 1 unspecified atom stereocenters. The average molecular weight is 504 g/mol. The predicted molar refractivity (Wildman–Crippen MR) is 133 cm³/mol. The van der Waals surface area contributed by atoms with Crippen molar-refractivity contribution >= 4 is 11.7 Å². The Hall–Kier alpha value is -3.90. The minimum atomic E-state index is -2.59. The Morgan fingerprint density at radius 1 is 1.30 bits per heavy atom. The molecule has 0 aliphatic carbocycles. The van der Waals surface area contributed by atoms with Gasteiger partial charge in [-0.3, -0.25) is 9.78 Å². The van der Waals surface area contributed by atoms with E-state index in [2.05, 4.69) is 21.4 Å². The fraction of sp³-hybridized carbons (Fsp3) is 0.357. The van der Waals surface area contributed by atoms with Crippen molar-refractivity contribution < 1.29 is 18.3 Å². The fourth-order valence-electron chi connectivity index (χ4n) is 4.99. The maximum Gasteiger partial charge on any atom is 0.280 e. The highest BCUT2D eigenvalue weighted by atomic mass is 19.3. The molecule has 1 N–H and O–H groups in total. The molecule has 7 nitrogen and oxygen atoms in total. The maximum atomic E-state index is 13.0. The Bertz CT molecular complexity index is 1360. The normalized spacial score (nSPS) is 20.9. The first-order valence-electron chi connectivity index (χ1n) is 12.2. The number of benzene rings is 1. The van der Waals surface area contributed by atoms with Crippen LogP contribution in [0.3, 0.4) is 0 Å². The van der Waals surface area contributed by atoms with Crippen molar-refractivity contribution in [3.05, 3.63) is 88.4 Å². The largest absolute Gasteiger partial charge is 0.375 e. The lowest BCUT2D eigenvalue weighted by molar-refractivity contribution is 0.0757. The number of ether oxygens (including phenoxy) is 1. The predicted octanol–water partition coefficient (Wildman–Crippen LogP) is 4.65. The van der Waals surface area contributed by atoms with Gasteiger partial charge in [0.05, 0.1) is 31.5 Å². The van der Waals surface area contributed by atoms with E-state index >= 15 is 0 Å². The first-order valence-corrected chi connectivity index (χ1v) is 12.2. The van der Waals surface area contributed by atoms with Crippen molar-refractivity contribution in [1.82, 2.24) is 15.3 Å². The number of anilines is 1. The molecule has 2 aromatic heterocycles. The molecule has 1 fully saturated rings. The molecule has 2 aliphatic heterocycles. The number of fused-ring (bicyclic) bond motifs is 1. The second-order valence-corrected chi connectivity index (χ2v) is 9.72. The van der Waals surface area contributed by atoms with Crippen LogP contribution in [0, 0.1) is 11.3 Å². The monoisotopic (exact) mass is 503 g/mol. The van der Waals surface area contributed by atoms with Gasteiger partial charge < -0.3 is 15.0 Å². The second kappa shape index (κ2) is 10.2. The van der Waals surface area contributed by atoms with E-state index in [4.69, 9.17) is 4.74 Å². The number of pyridine rings is 2. The molecule has 2 aliphatic rings. The minimum Gasteiger partial charge on any atom is -0.375 e. The van der Waals surface area contributed by atoms with Crippen LogP contribution in [0.1, 0.15) is 64.1 Å². The van der Waals surface area contributed by atoms with Gasteiger partial charge in [-0.25, -0.2) is 13.8 Å². The number of nitriles is 1. The molecule has 0 bridgehead atoms. The van der Waals surface area contributed by atoms with Crippen molar-refractivity contribution in [2.45, 2.75) is 44.3 Å². The lowest BCUT2D eigenvalue weighted by Gasteiger charge is -2.30. The van der Waals surface area contributed by atoms with Crippen molar-refractivity contribution in [1.29, 1.82) is 5.26 Å². The molecule has 5 rings (SSSR count). The molecule has 190 valence electrons. The summed E-state index contributed by atoms with van der Waals surface area (Å²) >= 11 is 0. The van der Waals surface area contributed by atoms with Crippen LogP contribution in [0.4, 0.5) is 14.6 Å². The van der Waals surface area contributed by atoms with Crippen molar-refractivity contribution in [3.8, 4) is 6.07 Å². The summed E-state index contributed by atoms with van der Waals surface area (Å²) in [6.07, 6.45) is 0.00162. The van der Waals surface area contributed by atoms with E-state index in [9.17, 15) is 18.8 Å². The number of hydrogen-bond acceptors (Lipinski definition) is 6. The summed E-state index contributed by atoms with van der Waals surface area (Å²) in [6, 6.07) is 16.3. The summed E-state index contributed by atoms with van der Waals surface area (Å²) in [5.74, 6) is 0.533. The lowest BCUT2D eigenvalue weighted by Crippen LogP contribution is -2.33. The molecule has 2 atom stereocenters. The molecular weight excluding hydrogens is 476 g/mol. The zero-order valence-corrected chi connectivity index (χ0v) is 20.5. The average Bonchev–Trinajstić information content (AvgIpc) is 3.43. The van der Waals surface area contributed by atoms with E-state index in [1.807, 2.05) is 30.0 Å². The summed E-state index contributed by atoms with van der Waals surface area (Å²) < 4.78 is 31.6. The standard InChI is InChI=1S/C28H27F2N5O2/c1-28(16-31)17-37-15-21-6-5-19(12-23(21)28)27(36)33-13-22-11-18(7-9-32-22)20-8-10-35(14-20)25-4-2-3-24(34-25)26(29)30/h2-7,9,11-12,20,26H,8,10,13-15,17H2,1H3,(H,33,36)/t20?,28-/m1/s1. The van der Waals surface area contributed by atoms with Crippen LogP contribution in [0.25, 0.3) is 0 Å². The van der Waals surface area contributed by atoms with Crippen LogP contribution in [0.5, 0.6) is 0 Å². The van der Waals surface area contributed by atoms with Gasteiger partial charge in [-0.2, -0.15) is 5.26 Å². The van der Waals surface area contributed by atoms with E-state index in [1.54, 1.807) is 30.5 Å². The Balaban J connectivity index is 1.24. The van der Waals surface area contributed by atoms with Crippen LogP contribution >= 0.6 is 0 Å². The number of hydrogen-bond donors (Lipinski definition) is 1. The highest BCUT2D eigenvalue weighted by Crippen LogP contribution is 2.33. The van der Waals surface area contributed by atoms with Gasteiger partial charge in [0.25, 0.3) is 12.3 Å². The third-order valence-electron chi connectivity index (χ3n) is 7.10. The van der Waals surface area contributed by atoms with E-state index < -0.39 is 11.8 Å². The van der Waals surface area contributed by atoms with Gasteiger partial charge in [0.1, 0.15) is 16.9 Å². The quantitative estimate of drug-likeness (QED) is 0.527. The van der Waals surface area contributed by atoms with E-state index in [1.165, 1.54) is 6.07 Å². The maximum absolute atomic E-state index is 13.0. The molecule has 4 heterocycles. The third kappa shape index (κ3) is 5.16. The number of nitrogens with one attached hydrogen (secondary N) is 1. The van der Waals surface area contributed by atoms with Crippen molar-refractivity contribution in [2.75, 3.05) is 24.6 Å². The SMILES string of the molecule is C[C@@]1(C#N)COCc2ccc(C(=O)NCc3cc(C4CCN(c5cccc(C(F)F)n5)C4)ccn3)cc21. The Labute approximate surface area is 214 Å². The first kappa shape index (κ1) is 24.8.